The average molecular weight is 258 g/mol. The normalized spacial score (nSPS) is 16.4. The van der Waals surface area contributed by atoms with Gasteiger partial charge in [-0.3, -0.25) is 5.10 Å². The second-order valence-corrected chi connectivity index (χ2v) is 6.15. The van der Waals surface area contributed by atoms with Crippen LogP contribution >= 0.6 is 0 Å². The maximum atomic E-state index is 12.1. The first-order valence-electron chi connectivity index (χ1n) is 5.72. The van der Waals surface area contributed by atoms with Crippen molar-refractivity contribution in [3.05, 3.63) is 11.4 Å². The fourth-order valence-corrected chi connectivity index (χ4v) is 3.21. The standard InChI is InChI=1S/C10H18N4O2S/c1-7-10(9(6-11-2)14-13-7)17(15,16)12-5-8-3-4-8/h8,11-12H,3-6H2,1-2H3,(H,13,14). The molecule has 7 heteroatoms. The Morgan fingerprint density at radius 1 is 1.47 bits per heavy atom. The molecule has 0 atom stereocenters. The van der Waals surface area contributed by atoms with Gasteiger partial charge in [0, 0.05) is 13.1 Å². The van der Waals surface area contributed by atoms with Gasteiger partial charge in [-0.05, 0) is 32.7 Å². The zero-order valence-electron chi connectivity index (χ0n) is 10.1. The Morgan fingerprint density at radius 3 is 2.76 bits per heavy atom. The van der Waals surface area contributed by atoms with Crippen molar-refractivity contribution in [3.63, 3.8) is 0 Å². The molecule has 96 valence electrons. The number of hydrogen-bond acceptors (Lipinski definition) is 4. The van der Waals surface area contributed by atoms with Gasteiger partial charge in [-0.2, -0.15) is 5.10 Å². The van der Waals surface area contributed by atoms with Crippen molar-refractivity contribution in [2.45, 2.75) is 31.2 Å². The summed E-state index contributed by atoms with van der Waals surface area (Å²) in [5.74, 6) is 0.518. The van der Waals surface area contributed by atoms with Crippen LogP contribution in [0.15, 0.2) is 4.90 Å². The molecule has 1 fully saturated rings. The number of aromatic amines is 1. The van der Waals surface area contributed by atoms with Crippen molar-refractivity contribution < 1.29 is 8.42 Å². The third-order valence-electron chi connectivity index (χ3n) is 2.83. The molecular weight excluding hydrogens is 240 g/mol. The van der Waals surface area contributed by atoms with Crippen LogP contribution in [0.4, 0.5) is 0 Å². The van der Waals surface area contributed by atoms with E-state index in [4.69, 9.17) is 0 Å². The van der Waals surface area contributed by atoms with E-state index in [9.17, 15) is 8.42 Å². The first-order chi connectivity index (χ1) is 8.04. The van der Waals surface area contributed by atoms with Crippen molar-refractivity contribution in [1.82, 2.24) is 20.2 Å². The van der Waals surface area contributed by atoms with Crippen molar-refractivity contribution in [3.8, 4) is 0 Å². The Kier molecular flexibility index (Phi) is 3.50. The molecule has 0 radical (unpaired) electrons. The molecule has 1 aromatic rings. The maximum Gasteiger partial charge on any atom is 0.244 e. The van der Waals surface area contributed by atoms with E-state index in [1.54, 1.807) is 14.0 Å². The second kappa shape index (κ2) is 4.75. The molecule has 0 amide bonds. The fourth-order valence-electron chi connectivity index (χ4n) is 1.73. The average Bonchev–Trinajstić information content (AvgIpc) is 3.01. The molecule has 3 N–H and O–H groups in total. The van der Waals surface area contributed by atoms with Crippen molar-refractivity contribution in [2.24, 2.45) is 5.92 Å². The molecule has 17 heavy (non-hydrogen) atoms. The molecule has 0 aromatic carbocycles. The quantitative estimate of drug-likeness (QED) is 0.676. The van der Waals surface area contributed by atoms with Crippen molar-refractivity contribution in [2.75, 3.05) is 13.6 Å². The van der Waals surface area contributed by atoms with Crippen LogP contribution in [0, 0.1) is 12.8 Å². The number of nitrogens with one attached hydrogen (secondary N) is 3. The molecule has 0 unspecified atom stereocenters. The lowest BCUT2D eigenvalue weighted by Gasteiger charge is -2.07. The van der Waals surface area contributed by atoms with Gasteiger partial charge in [-0.1, -0.05) is 0 Å². The largest absolute Gasteiger partial charge is 0.314 e. The lowest BCUT2D eigenvalue weighted by Crippen LogP contribution is -2.27. The molecule has 0 saturated heterocycles. The Bertz CT molecular complexity index is 490. The SMILES string of the molecule is CNCc1n[nH]c(C)c1S(=O)(=O)NCC1CC1. The van der Waals surface area contributed by atoms with Crippen LogP contribution in [0.5, 0.6) is 0 Å². The number of aromatic nitrogens is 2. The van der Waals surface area contributed by atoms with Gasteiger partial charge in [0.2, 0.25) is 10.0 Å². The predicted octanol–water partition coefficient (Wildman–Crippen LogP) is 0.126. The minimum atomic E-state index is -3.44. The van der Waals surface area contributed by atoms with Gasteiger partial charge in [0.1, 0.15) is 4.90 Å². The van der Waals surface area contributed by atoms with Crippen LogP contribution in [0.2, 0.25) is 0 Å². The topological polar surface area (TPSA) is 86.9 Å². The van der Waals surface area contributed by atoms with Crippen molar-refractivity contribution in [1.29, 1.82) is 0 Å². The van der Waals surface area contributed by atoms with E-state index in [1.165, 1.54) is 0 Å². The summed E-state index contributed by atoms with van der Waals surface area (Å²) in [4.78, 5) is 0.285. The first-order valence-corrected chi connectivity index (χ1v) is 7.21. The Hall–Kier alpha value is -0.920. The number of H-pyrrole nitrogens is 1. The molecule has 1 aliphatic rings. The lowest BCUT2D eigenvalue weighted by atomic mass is 10.4. The molecule has 1 aromatic heterocycles. The van der Waals surface area contributed by atoms with Crippen LogP contribution in [0.3, 0.4) is 0 Å². The van der Waals surface area contributed by atoms with E-state index >= 15 is 0 Å². The van der Waals surface area contributed by atoms with E-state index in [-0.39, 0.29) is 4.90 Å². The summed E-state index contributed by atoms with van der Waals surface area (Å²) < 4.78 is 26.9. The molecule has 0 aliphatic heterocycles. The first kappa shape index (κ1) is 12.5. The maximum absolute atomic E-state index is 12.1. The molecule has 1 aliphatic carbocycles. The van der Waals surface area contributed by atoms with Crippen LogP contribution in [-0.4, -0.2) is 32.2 Å². The van der Waals surface area contributed by atoms with Gasteiger partial charge in [0.05, 0.1) is 11.4 Å². The van der Waals surface area contributed by atoms with Crippen LogP contribution in [-0.2, 0) is 16.6 Å². The van der Waals surface area contributed by atoms with E-state index in [2.05, 4.69) is 20.2 Å². The summed E-state index contributed by atoms with van der Waals surface area (Å²) in [7, 11) is -1.68. The van der Waals surface area contributed by atoms with E-state index < -0.39 is 10.0 Å². The lowest BCUT2D eigenvalue weighted by molar-refractivity contribution is 0.575. The highest BCUT2D eigenvalue weighted by atomic mass is 32.2. The van der Waals surface area contributed by atoms with Gasteiger partial charge in [-0.25, -0.2) is 13.1 Å². The van der Waals surface area contributed by atoms with Crippen LogP contribution in [0.1, 0.15) is 24.2 Å². The number of rotatable bonds is 6. The number of aryl methyl sites for hydroxylation is 1. The highest BCUT2D eigenvalue weighted by Gasteiger charge is 2.27. The summed E-state index contributed by atoms with van der Waals surface area (Å²) in [5.41, 5.74) is 1.12. The third-order valence-corrected chi connectivity index (χ3v) is 4.46. The van der Waals surface area contributed by atoms with Crippen LogP contribution < -0.4 is 10.0 Å². The Balaban J connectivity index is 2.20. The Labute approximate surface area is 101 Å². The molecule has 0 bridgehead atoms. The molecule has 1 heterocycles. The highest BCUT2D eigenvalue weighted by Crippen LogP contribution is 2.28. The zero-order valence-corrected chi connectivity index (χ0v) is 10.9. The second-order valence-electron chi connectivity index (χ2n) is 4.45. The predicted molar refractivity (Wildman–Crippen MR) is 64.0 cm³/mol. The van der Waals surface area contributed by atoms with E-state index in [0.29, 0.717) is 30.4 Å². The monoisotopic (exact) mass is 258 g/mol. The minimum absolute atomic E-state index is 0.285. The molecule has 6 nitrogen and oxygen atoms in total. The number of nitrogens with zero attached hydrogens (tertiary/aromatic N) is 1. The van der Waals surface area contributed by atoms with Crippen LogP contribution in [0.25, 0.3) is 0 Å². The van der Waals surface area contributed by atoms with E-state index in [0.717, 1.165) is 12.8 Å². The van der Waals surface area contributed by atoms with Gasteiger partial charge in [0.15, 0.2) is 0 Å². The fraction of sp³-hybridized carbons (Fsp3) is 0.700. The van der Waals surface area contributed by atoms with Gasteiger partial charge in [-0.15, -0.1) is 0 Å². The molecular formula is C10H18N4O2S. The molecule has 2 rings (SSSR count). The van der Waals surface area contributed by atoms with E-state index in [1.807, 2.05) is 0 Å². The summed E-state index contributed by atoms with van der Waals surface area (Å²) >= 11 is 0. The van der Waals surface area contributed by atoms with Crippen molar-refractivity contribution >= 4 is 10.0 Å². The zero-order chi connectivity index (χ0) is 12.5. The third kappa shape index (κ3) is 2.85. The summed E-state index contributed by atoms with van der Waals surface area (Å²) in [6.07, 6.45) is 2.24. The summed E-state index contributed by atoms with van der Waals surface area (Å²) in [6, 6.07) is 0. The van der Waals surface area contributed by atoms with Gasteiger partial charge in [0.25, 0.3) is 0 Å². The minimum Gasteiger partial charge on any atom is -0.314 e. The molecule has 0 spiro atoms. The van der Waals surface area contributed by atoms with Gasteiger partial charge >= 0.3 is 0 Å². The summed E-state index contributed by atoms with van der Waals surface area (Å²) in [6.45, 7) is 2.69. The molecule has 1 saturated carbocycles. The highest BCUT2D eigenvalue weighted by molar-refractivity contribution is 7.89. The van der Waals surface area contributed by atoms with Gasteiger partial charge < -0.3 is 5.32 Å². The number of hydrogen-bond donors (Lipinski definition) is 3. The Morgan fingerprint density at radius 2 is 2.18 bits per heavy atom. The smallest absolute Gasteiger partial charge is 0.244 e. The summed E-state index contributed by atoms with van der Waals surface area (Å²) in [5, 5.41) is 9.64. The number of sulfonamides is 1.